The van der Waals surface area contributed by atoms with Gasteiger partial charge in [-0.25, -0.2) is 0 Å². The van der Waals surface area contributed by atoms with E-state index in [-0.39, 0.29) is 43.5 Å². The first-order chi connectivity index (χ1) is 6.36. The first kappa shape index (κ1) is 19.6. The van der Waals surface area contributed by atoms with Gasteiger partial charge in [0.15, 0.2) is 23.1 Å². The first-order valence-corrected chi connectivity index (χ1v) is 4.09. The Bertz CT molecular complexity index is 239. The van der Waals surface area contributed by atoms with Crippen LogP contribution in [-0.4, -0.2) is 21.8 Å². The number of allylic oxidation sites excluding steroid dienone is 4. The molecule has 0 heterocycles. The summed E-state index contributed by atoms with van der Waals surface area (Å²) in [4.78, 5) is 20.1. The summed E-state index contributed by atoms with van der Waals surface area (Å²) in [6.45, 7) is 5.85. The van der Waals surface area contributed by atoms with Crippen LogP contribution >= 0.6 is 0 Å². The summed E-state index contributed by atoms with van der Waals surface area (Å²) < 4.78 is 0. The molecule has 0 aromatic heterocycles. The minimum absolute atomic E-state index is 0. The van der Waals surface area contributed by atoms with Crippen LogP contribution in [0.4, 0.5) is 0 Å². The van der Waals surface area contributed by atoms with E-state index in [1.165, 1.54) is 26.0 Å². The average Bonchev–Trinajstić information content (AvgIpc) is 2.15. The van der Waals surface area contributed by atoms with Crippen molar-refractivity contribution in [1.82, 2.24) is 0 Å². The molecule has 15 heavy (non-hydrogen) atoms. The topological polar surface area (TPSA) is 74.6 Å². The van der Waals surface area contributed by atoms with Gasteiger partial charge in [0.05, 0.1) is 0 Å². The molecule has 2 N–H and O–H groups in total. The molecule has 0 saturated carbocycles. The van der Waals surface area contributed by atoms with Crippen LogP contribution in [0, 0.1) is 0 Å². The van der Waals surface area contributed by atoms with Gasteiger partial charge in [-0.1, -0.05) is 0 Å². The summed E-state index contributed by atoms with van der Waals surface area (Å²) in [5, 5.41) is 16.9. The summed E-state index contributed by atoms with van der Waals surface area (Å²) in [5.74, 6) is -0.912. The van der Waals surface area contributed by atoms with Gasteiger partial charge >= 0.3 is 0 Å². The Morgan fingerprint density at radius 3 is 1.07 bits per heavy atom. The fourth-order valence-electron chi connectivity index (χ4n) is 0.407. The van der Waals surface area contributed by atoms with Crippen LogP contribution in [0.25, 0.3) is 0 Å². The molecule has 0 aromatic carbocycles. The second-order valence-electron chi connectivity index (χ2n) is 2.46. The third kappa shape index (κ3) is 13.1. The van der Waals surface area contributed by atoms with Crippen LogP contribution in [0.15, 0.2) is 23.7 Å². The van der Waals surface area contributed by atoms with Crippen LogP contribution in [0.5, 0.6) is 0 Å². The van der Waals surface area contributed by atoms with Crippen molar-refractivity contribution in [3.05, 3.63) is 23.7 Å². The molecule has 0 aromatic rings. The smallest absolute Gasteiger partial charge is 0.193 e. The van der Waals surface area contributed by atoms with E-state index in [0.29, 0.717) is 0 Å². The van der Waals surface area contributed by atoms with Crippen molar-refractivity contribution >= 4 is 11.6 Å². The van der Waals surface area contributed by atoms with E-state index in [1.54, 1.807) is 13.8 Å². The number of carbonyl (C=O) groups is 2. The van der Waals surface area contributed by atoms with E-state index in [9.17, 15) is 9.59 Å². The second kappa shape index (κ2) is 11.2. The van der Waals surface area contributed by atoms with Gasteiger partial charge in [-0.2, -0.15) is 0 Å². The van der Waals surface area contributed by atoms with Crippen molar-refractivity contribution in [2.45, 2.75) is 27.7 Å². The third-order valence-electron chi connectivity index (χ3n) is 1.27. The van der Waals surface area contributed by atoms with E-state index >= 15 is 0 Å². The molecule has 0 rings (SSSR count). The van der Waals surface area contributed by atoms with Gasteiger partial charge in [0.25, 0.3) is 0 Å². The number of rotatable bonds is 2. The average molecular weight is 307 g/mol. The van der Waals surface area contributed by atoms with Crippen molar-refractivity contribution in [1.29, 1.82) is 0 Å². The minimum atomic E-state index is -0.289. The Kier molecular flexibility index (Phi) is 14.6. The maximum atomic E-state index is 10.1. The molecule has 0 spiro atoms. The molecule has 0 aliphatic heterocycles. The zero-order chi connectivity index (χ0) is 11.7. The SMILES string of the molecule is C/C=C(/O)C(C)=O.C/C=C(\O)C(C)=O.[Pd]. The number of Topliss-reactive ketones (excluding diaryl/α,β-unsaturated/α-hetero) is 2. The molecule has 0 atom stereocenters. The van der Waals surface area contributed by atoms with Crippen LogP contribution in [0.3, 0.4) is 0 Å². The maximum absolute atomic E-state index is 10.1. The monoisotopic (exact) mass is 306 g/mol. The number of hydrogen-bond donors (Lipinski definition) is 2. The largest absolute Gasteiger partial charge is 0.505 e. The fourth-order valence-corrected chi connectivity index (χ4v) is 0.407. The van der Waals surface area contributed by atoms with Crippen LogP contribution in [0.2, 0.25) is 0 Å². The molecule has 4 nitrogen and oxygen atoms in total. The van der Waals surface area contributed by atoms with Crippen LogP contribution < -0.4 is 0 Å². The third-order valence-corrected chi connectivity index (χ3v) is 1.27. The van der Waals surface area contributed by atoms with Gasteiger partial charge in [0, 0.05) is 34.3 Å². The van der Waals surface area contributed by atoms with E-state index in [4.69, 9.17) is 10.2 Å². The number of aliphatic hydroxyl groups excluding tert-OH is 2. The van der Waals surface area contributed by atoms with E-state index in [1.807, 2.05) is 0 Å². The molecule has 0 bridgehead atoms. The van der Waals surface area contributed by atoms with E-state index < -0.39 is 0 Å². The van der Waals surface area contributed by atoms with Gasteiger partial charge in [-0.3, -0.25) is 9.59 Å². The molecule has 0 unspecified atom stereocenters. The van der Waals surface area contributed by atoms with E-state index in [2.05, 4.69) is 0 Å². The Morgan fingerprint density at radius 2 is 1.07 bits per heavy atom. The van der Waals surface area contributed by atoms with Crippen LogP contribution in [0.1, 0.15) is 27.7 Å². The second-order valence-corrected chi connectivity index (χ2v) is 2.46. The molecule has 0 saturated heterocycles. The normalized spacial score (nSPS) is 10.7. The van der Waals surface area contributed by atoms with Crippen molar-refractivity contribution in [2.24, 2.45) is 0 Å². The van der Waals surface area contributed by atoms with Crippen molar-refractivity contribution in [3.63, 3.8) is 0 Å². The first-order valence-electron chi connectivity index (χ1n) is 4.09. The molecule has 0 aliphatic carbocycles. The van der Waals surface area contributed by atoms with Gasteiger partial charge in [-0.15, -0.1) is 0 Å². The molecule has 0 amide bonds. The van der Waals surface area contributed by atoms with Crippen LogP contribution in [-0.2, 0) is 30.0 Å². The van der Waals surface area contributed by atoms with Crippen molar-refractivity contribution < 1.29 is 40.2 Å². The van der Waals surface area contributed by atoms with Gasteiger partial charge < -0.3 is 10.2 Å². The molecule has 5 heteroatoms. The zero-order valence-corrected chi connectivity index (χ0v) is 10.7. The van der Waals surface area contributed by atoms with Gasteiger partial charge in [-0.05, 0) is 26.0 Å². The van der Waals surface area contributed by atoms with E-state index in [0.717, 1.165) is 0 Å². The molecule has 0 aliphatic rings. The number of ketones is 2. The van der Waals surface area contributed by atoms with Gasteiger partial charge in [0.2, 0.25) is 0 Å². The summed E-state index contributed by atoms with van der Waals surface area (Å²) in [7, 11) is 0. The summed E-state index contributed by atoms with van der Waals surface area (Å²) in [5.41, 5.74) is 0. The molecular formula is C10H16O4Pd. The van der Waals surface area contributed by atoms with Crippen molar-refractivity contribution in [3.8, 4) is 0 Å². The summed E-state index contributed by atoms with van der Waals surface area (Å²) in [6, 6.07) is 0. The number of aliphatic hydroxyl groups is 2. The fraction of sp³-hybridized carbons (Fsp3) is 0.400. The molecular weight excluding hydrogens is 291 g/mol. The van der Waals surface area contributed by atoms with Gasteiger partial charge in [0.1, 0.15) is 0 Å². The zero-order valence-electron chi connectivity index (χ0n) is 9.18. The Hall–Kier alpha value is -0.918. The summed E-state index contributed by atoms with van der Waals surface area (Å²) >= 11 is 0. The maximum Gasteiger partial charge on any atom is 0.193 e. The Morgan fingerprint density at radius 1 is 0.867 bits per heavy atom. The molecule has 90 valence electrons. The Balaban J connectivity index is -0.000000180. The number of carbonyl (C=O) groups excluding carboxylic acids is 2. The Labute approximate surface area is 103 Å². The minimum Gasteiger partial charge on any atom is -0.505 e. The standard InChI is InChI=1S/2C5H8O2.Pd/c2*1-3-5(7)4(2)6;/h2*3,7H,1-2H3;/b5-3+;5-3-;. The predicted octanol–water partition coefficient (Wildman–Crippen LogP) is 2.07. The molecule has 0 fully saturated rings. The predicted molar refractivity (Wildman–Crippen MR) is 54.1 cm³/mol. The number of hydrogen-bond acceptors (Lipinski definition) is 4. The quantitative estimate of drug-likeness (QED) is 0.465. The van der Waals surface area contributed by atoms with Crippen molar-refractivity contribution in [2.75, 3.05) is 0 Å². The molecule has 0 radical (unpaired) electrons. The summed E-state index contributed by atoms with van der Waals surface area (Å²) in [6.07, 6.45) is 2.73.